The molecule has 1 heterocycles. The first-order valence-electron chi connectivity index (χ1n) is 7.20. The van der Waals surface area contributed by atoms with Gasteiger partial charge in [0.15, 0.2) is 0 Å². The zero-order valence-electron chi connectivity index (χ0n) is 12.0. The first kappa shape index (κ1) is 13.8. The van der Waals surface area contributed by atoms with Crippen molar-refractivity contribution in [2.24, 2.45) is 0 Å². The van der Waals surface area contributed by atoms with Crippen LogP contribution in [0, 0.1) is 12.7 Å². The Morgan fingerprint density at radius 2 is 2.29 bits per heavy atom. The number of amides is 1. The number of H-pyrrole nitrogens is 1. The Labute approximate surface area is 123 Å². The van der Waals surface area contributed by atoms with Crippen LogP contribution in [0.15, 0.2) is 30.5 Å². The van der Waals surface area contributed by atoms with E-state index in [9.17, 15) is 9.18 Å². The summed E-state index contributed by atoms with van der Waals surface area (Å²) < 4.78 is 13.2. The third-order valence-electron chi connectivity index (χ3n) is 3.84. The molecule has 4 nitrogen and oxygen atoms in total. The predicted molar refractivity (Wildman–Crippen MR) is 77.5 cm³/mol. The minimum Gasteiger partial charge on any atom is -0.335 e. The fourth-order valence-corrected chi connectivity index (χ4v) is 2.50. The van der Waals surface area contributed by atoms with Gasteiger partial charge in [0, 0.05) is 18.3 Å². The highest BCUT2D eigenvalue weighted by Crippen LogP contribution is 2.28. The van der Waals surface area contributed by atoms with Crippen LogP contribution in [0.2, 0.25) is 0 Å². The van der Waals surface area contributed by atoms with E-state index in [0.29, 0.717) is 24.6 Å². The summed E-state index contributed by atoms with van der Waals surface area (Å²) in [5.74, 6) is -0.220. The molecule has 0 aliphatic heterocycles. The highest BCUT2D eigenvalue weighted by Gasteiger charge is 2.33. The number of hydrogen-bond acceptors (Lipinski definition) is 2. The molecule has 1 aliphatic rings. The van der Waals surface area contributed by atoms with E-state index < -0.39 is 0 Å². The van der Waals surface area contributed by atoms with Crippen LogP contribution in [0.5, 0.6) is 0 Å². The Balaban J connectivity index is 1.71. The number of rotatable bonds is 5. The van der Waals surface area contributed by atoms with E-state index in [1.807, 2.05) is 17.9 Å². The number of halogens is 1. The standard InChI is InChI=1S/C16H18FN3O/c1-11-15(10-18-19-11)16(21)20(14-5-6-14)8-7-12-3-2-4-13(17)9-12/h2-4,9-10,14H,5-8H2,1H3,(H,18,19). The van der Waals surface area contributed by atoms with Gasteiger partial charge in [-0.05, 0) is 43.9 Å². The number of nitrogens with zero attached hydrogens (tertiary/aromatic N) is 2. The summed E-state index contributed by atoms with van der Waals surface area (Å²) in [5.41, 5.74) is 2.33. The van der Waals surface area contributed by atoms with E-state index in [4.69, 9.17) is 0 Å². The molecule has 1 amide bonds. The third-order valence-corrected chi connectivity index (χ3v) is 3.84. The van der Waals surface area contributed by atoms with Crippen LogP contribution in [0.1, 0.15) is 34.5 Å². The van der Waals surface area contributed by atoms with Crippen molar-refractivity contribution in [1.29, 1.82) is 0 Å². The van der Waals surface area contributed by atoms with Crippen molar-refractivity contribution in [2.75, 3.05) is 6.54 Å². The summed E-state index contributed by atoms with van der Waals surface area (Å²) in [6, 6.07) is 6.87. The average molecular weight is 287 g/mol. The molecule has 2 aromatic rings. The molecule has 1 N–H and O–H groups in total. The maximum Gasteiger partial charge on any atom is 0.257 e. The van der Waals surface area contributed by atoms with Gasteiger partial charge in [-0.1, -0.05) is 12.1 Å². The van der Waals surface area contributed by atoms with Gasteiger partial charge in [-0.25, -0.2) is 4.39 Å². The molecule has 3 rings (SSSR count). The van der Waals surface area contributed by atoms with Gasteiger partial charge in [-0.3, -0.25) is 9.89 Å². The normalized spacial score (nSPS) is 14.2. The number of carbonyl (C=O) groups is 1. The molecule has 1 aromatic heterocycles. The van der Waals surface area contributed by atoms with E-state index in [-0.39, 0.29) is 11.7 Å². The van der Waals surface area contributed by atoms with E-state index in [2.05, 4.69) is 10.2 Å². The summed E-state index contributed by atoms with van der Waals surface area (Å²) in [7, 11) is 0. The molecule has 1 aromatic carbocycles. The van der Waals surface area contributed by atoms with Crippen molar-refractivity contribution in [3.05, 3.63) is 53.1 Å². The van der Waals surface area contributed by atoms with Gasteiger partial charge < -0.3 is 4.90 Å². The molecule has 1 saturated carbocycles. The highest BCUT2D eigenvalue weighted by atomic mass is 19.1. The van der Waals surface area contributed by atoms with Crippen LogP contribution >= 0.6 is 0 Å². The Bertz CT molecular complexity index is 648. The SMILES string of the molecule is Cc1[nH]ncc1C(=O)N(CCc1cccc(F)c1)C1CC1. The molecule has 0 atom stereocenters. The zero-order valence-corrected chi connectivity index (χ0v) is 12.0. The first-order valence-corrected chi connectivity index (χ1v) is 7.20. The maximum absolute atomic E-state index is 13.2. The molecular formula is C16H18FN3O. The summed E-state index contributed by atoms with van der Waals surface area (Å²) in [5, 5.41) is 6.71. The van der Waals surface area contributed by atoms with Crippen molar-refractivity contribution < 1.29 is 9.18 Å². The second-order valence-electron chi connectivity index (χ2n) is 5.52. The lowest BCUT2D eigenvalue weighted by Gasteiger charge is -2.22. The molecule has 0 unspecified atom stereocenters. The predicted octanol–water partition coefficient (Wildman–Crippen LogP) is 2.70. The Kier molecular flexibility index (Phi) is 3.73. The molecule has 110 valence electrons. The van der Waals surface area contributed by atoms with Crippen molar-refractivity contribution in [2.45, 2.75) is 32.2 Å². The Hall–Kier alpha value is -2.17. The van der Waals surface area contributed by atoms with Gasteiger partial charge in [-0.15, -0.1) is 0 Å². The van der Waals surface area contributed by atoms with E-state index >= 15 is 0 Å². The minimum absolute atomic E-state index is 0.0140. The number of nitrogens with one attached hydrogen (secondary N) is 1. The number of hydrogen-bond donors (Lipinski definition) is 1. The van der Waals surface area contributed by atoms with E-state index in [1.54, 1.807) is 12.3 Å². The molecular weight excluding hydrogens is 269 g/mol. The number of aromatic amines is 1. The van der Waals surface area contributed by atoms with Gasteiger partial charge in [-0.2, -0.15) is 5.10 Å². The van der Waals surface area contributed by atoms with Crippen LogP contribution in [0.3, 0.4) is 0 Å². The molecule has 21 heavy (non-hydrogen) atoms. The van der Waals surface area contributed by atoms with Crippen LogP contribution < -0.4 is 0 Å². The number of aryl methyl sites for hydroxylation is 1. The number of aromatic nitrogens is 2. The summed E-state index contributed by atoms with van der Waals surface area (Å²) in [4.78, 5) is 14.5. The number of carbonyl (C=O) groups excluding carboxylic acids is 1. The Morgan fingerprint density at radius 1 is 1.48 bits per heavy atom. The Morgan fingerprint density at radius 3 is 2.90 bits per heavy atom. The lowest BCUT2D eigenvalue weighted by Crippen LogP contribution is -2.35. The topological polar surface area (TPSA) is 49.0 Å². The molecule has 5 heteroatoms. The summed E-state index contributed by atoms with van der Waals surface area (Å²) >= 11 is 0. The van der Waals surface area contributed by atoms with E-state index in [1.165, 1.54) is 12.1 Å². The van der Waals surface area contributed by atoms with Gasteiger partial charge in [0.05, 0.1) is 11.8 Å². The average Bonchev–Trinajstić information content (AvgIpc) is 3.20. The first-order chi connectivity index (χ1) is 10.1. The second kappa shape index (κ2) is 5.68. The van der Waals surface area contributed by atoms with Gasteiger partial charge >= 0.3 is 0 Å². The highest BCUT2D eigenvalue weighted by molar-refractivity contribution is 5.95. The van der Waals surface area contributed by atoms with Crippen molar-refractivity contribution >= 4 is 5.91 Å². The van der Waals surface area contributed by atoms with Crippen LogP contribution in [-0.4, -0.2) is 33.6 Å². The van der Waals surface area contributed by atoms with Gasteiger partial charge in [0.25, 0.3) is 5.91 Å². The fraction of sp³-hybridized carbons (Fsp3) is 0.375. The largest absolute Gasteiger partial charge is 0.335 e. The van der Waals surface area contributed by atoms with E-state index in [0.717, 1.165) is 24.1 Å². The summed E-state index contributed by atoms with van der Waals surface area (Å²) in [6.45, 7) is 2.45. The van der Waals surface area contributed by atoms with Crippen LogP contribution in [0.25, 0.3) is 0 Å². The lowest BCUT2D eigenvalue weighted by molar-refractivity contribution is 0.0744. The van der Waals surface area contributed by atoms with Crippen molar-refractivity contribution in [3.63, 3.8) is 0 Å². The zero-order chi connectivity index (χ0) is 14.8. The molecule has 0 spiro atoms. The third kappa shape index (κ3) is 3.12. The maximum atomic E-state index is 13.2. The fourth-order valence-electron chi connectivity index (χ4n) is 2.50. The monoisotopic (exact) mass is 287 g/mol. The van der Waals surface area contributed by atoms with Crippen LogP contribution in [-0.2, 0) is 6.42 Å². The second-order valence-corrected chi connectivity index (χ2v) is 5.52. The van der Waals surface area contributed by atoms with Crippen molar-refractivity contribution in [1.82, 2.24) is 15.1 Å². The van der Waals surface area contributed by atoms with Crippen LogP contribution in [0.4, 0.5) is 4.39 Å². The lowest BCUT2D eigenvalue weighted by atomic mass is 10.1. The molecule has 0 saturated heterocycles. The van der Waals surface area contributed by atoms with Gasteiger partial charge in [0.2, 0.25) is 0 Å². The molecule has 1 aliphatic carbocycles. The van der Waals surface area contributed by atoms with Gasteiger partial charge in [0.1, 0.15) is 5.82 Å². The minimum atomic E-state index is -0.234. The molecule has 1 fully saturated rings. The number of benzene rings is 1. The molecule has 0 radical (unpaired) electrons. The smallest absolute Gasteiger partial charge is 0.257 e. The quantitative estimate of drug-likeness (QED) is 0.919. The van der Waals surface area contributed by atoms with Crippen molar-refractivity contribution in [3.8, 4) is 0 Å². The summed E-state index contributed by atoms with van der Waals surface area (Å²) in [6.07, 6.45) is 4.34. The molecule has 0 bridgehead atoms.